The van der Waals surface area contributed by atoms with E-state index in [0.717, 1.165) is 18.4 Å². The second kappa shape index (κ2) is 10.6. The molecule has 0 spiro atoms. The second-order valence-electron chi connectivity index (χ2n) is 9.05. The number of morpholine rings is 1. The molecule has 178 valence electrons. The van der Waals surface area contributed by atoms with Crippen LogP contribution in [0.5, 0.6) is 5.75 Å². The van der Waals surface area contributed by atoms with Gasteiger partial charge in [0.05, 0.1) is 26.0 Å². The van der Waals surface area contributed by atoms with E-state index in [1.807, 2.05) is 35.1 Å². The highest BCUT2D eigenvalue weighted by Gasteiger charge is 2.41. The van der Waals surface area contributed by atoms with Crippen molar-refractivity contribution in [3.05, 3.63) is 47.2 Å². The number of amides is 2. The van der Waals surface area contributed by atoms with Gasteiger partial charge in [0.1, 0.15) is 12.3 Å². The zero-order valence-corrected chi connectivity index (χ0v) is 19.8. The molecule has 3 heterocycles. The summed E-state index contributed by atoms with van der Waals surface area (Å²) in [6.07, 6.45) is 5.57. The highest BCUT2D eigenvalue weighted by atomic mass is 35.5. The van der Waals surface area contributed by atoms with Crippen molar-refractivity contribution < 1.29 is 19.1 Å². The first-order valence-corrected chi connectivity index (χ1v) is 11.8. The van der Waals surface area contributed by atoms with E-state index < -0.39 is 5.41 Å². The van der Waals surface area contributed by atoms with Gasteiger partial charge in [-0.2, -0.15) is 5.10 Å². The smallest absolute Gasteiger partial charge is 0.244 e. The third-order valence-electron chi connectivity index (χ3n) is 6.30. The van der Waals surface area contributed by atoms with E-state index in [1.165, 1.54) is 0 Å². The molecule has 2 aliphatic rings. The number of ether oxygens (including phenoxy) is 2. The summed E-state index contributed by atoms with van der Waals surface area (Å²) >= 11 is 6.12. The van der Waals surface area contributed by atoms with Crippen molar-refractivity contribution in [3.8, 4) is 5.75 Å². The molecule has 9 heteroatoms. The van der Waals surface area contributed by atoms with Gasteiger partial charge in [0.15, 0.2) is 0 Å². The predicted octanol–water partition coefficient (Wildman–Crippen LogP) is 2.78. The van der Waals surface area contributed by atoms with Crippen LogP contribution in [0.2, 0.25) is 5.02 Å². The van der Waals surface area contributed by atoms with Gasteiger partial charge in [0, 0.05) is 49.2 Å². The van der Waals surface area contributed by atoms with Crippen LogP contribution in [0.4, 0.5) is 0 Å². The van der Waals surface area contributed by atoms with E-state index in [9.17, 15) is 9.59 Å². The van der Waals surface area contributed by atoms with Gasteiger partial charge in [-0.3, -0.25) is 14.3 Å². The molecule has 2 saturated heterocycles. The van der Waals surface area contributed by atoms with Gasteiger partial charge in [-0.15, -0.1) is 0 Å². The first kappa shape index (κ1) is 23.6. The molecule has 2 aromatic rings. The number of benzene rings is 1. The van der Waals surface area contributed by atoms with E-state index in [1.54, 1.807) is 23.0 Å². The lowest BCUT2D eigenvalue weighted by atomic mass is 9.77. The number of hydrogen-bond acceptors (Lipinski definition) is 5. The summed E-state index contributed by atoms with van der Waals surface area (Å²) < 4.78 is 13.2. The highest BCUT2D eigenvalue weighted by molar-refractivity contribution is 6.30. The number of aryl methyl sites for hydroxylation is 1. The van der Waals surface area contributed by atoms with Crippen molar-refractivity contribution in [1.29, 1.82) is 0 Å². The number of carbonyl (C=O) groups is 2. The maximum absolute atomic E-state index is 13.2. The number of rotatable bonds is 7. The predicted molar refractivity (Wildman–Crippen MR) is 124 cm³/mol. The molecule has 33 heavy (non-hydrogen) atoms. The number of hydrogen-bond donors (Lipinski definition) is 0. The summed E-state index contributed by atoms with van der Waals surface area (Å²) in [6, 6.07) is 7.26. The first-order chi connectivity index (χ1) is 15.9. The molecule has 2 amide bonds. The minimum Gasteiger partial charge on any atom is -0.493 e. The van der Waals surface area contributed by atoms with Crippen LogP contribution in [0.15, 0.2) is 36.7 Å². The molecule has 2 fully saturated rings. The van der Waals surface area contributed by atoms with Crippen LogP contribution in [0.1, 0.15) is 24.8 Å². The maximum Gasteiger partial charge on any atom is 0.244 e. The molecular formula is C24H31ClN4O4. The normalized spacial score (nSPS) is 21.2. The van der Waals surface area contributed by atoms with E-state index in [-0.39, 0.29) is 18.4 Å². The average molecular weight is 475 g/mol. The summed E-state index contributed by atoms with van der Waals surface area (Å²) in [4.78, 5) is 30.0. The molecule has 0 aliphatic carbocycles. The summed E-state index contributed by atoms with van der Waals surface area (Å²) in [6.45, 7) is 5.95. The average Bonchev–Trinajstić information content (AvgIpc) is 3.23. The number of piperidine rings is 1. The number of nitrogens with zero attached hydrogens (tertiary/aromatic N) is 4. The number of aromatic nitrogens is 2. The van der Waals surface area contributed by atoms with Crippen LogP contribution in [-0.4, -0.2) is 77.4 Å². The van der Waals surface area contributed by atoms with Crippen LogP contribution in [0, 0.1) is 12.3 Å². The Hall–Kier alpha value is -2.58. The Bertz CT molecular complexity index is 975. The van der Waals surface area contributed by atoms with Gasteiger partial charge < -0.3 is 19.3 Å². The van der Waals surface area contributed by atoms with Crippen LogP contribution in [0.3, 0.4) is 0 Å². The quantitative estimate of drug-likeness (QED) is 0.616. The lowest BCUT2D eigenvalue weighted by Gasteiger charge is -2.43. The van der Waals surface area contributed by atoms with Crippen molar-refractivity contribution in [1.82, 2.24) is 19.6 Å². The van der Waals surface area contributed by atoms with Gasteiger partial charge in [-0.25, -0.2) is 0 Å². The van der Waals surface area contributed by atoms with Crippen LogP contribution in [-0.2, 0) is 20.9 Å². The highest BCUT2D eigenvalue weighted by Crippen LogP contribution is 2.36. The summed E-state index contributed by atoms with van der Waals surface area (Å²) in [5, 5.41) is 4.84. The molecule has 1 aromatic carbocycles. The molecule has 0 unspecified atom stereocenters. The Labute approximate surface area is 199 Å². The molecule has 0 bridgehead atoms. The monoisotopic (exact) mass is 474 g/mol. The van der Waals surface area contributed by atoms with E-state index in [4.69, 9.17) is 21.1 Å². The van der Waals surface area contributed by atoms with Crippen LogP contribution >= 0.6 is 11.6 Å². The number of halogens is 1. The lowest BCUT2D eigenvalue weighted by molar-refractivity contribution is -0.144. The van der Waals surface area contributed by atoms with Gasteiger partial charge >= 0.3 is 0 Å². The minimum absolute atomic E-state index is 0.00347. The number of carbonyl (C=O) groups excluding carboxylic acids is 2. The fourth-order valence-corrected chi connectivity index (χ4v) is 4.74. The van der Waals surface area contributed by atoms with Crippen molar-refractivity contribution >= 4 is 23.4 Å². The zero-order valence-electron chi connectivity index (χ0n) is 19.0. The Morgan fingerprint density at radius 2 is 2.00 bits per heavy atom. The van der Waals surface area contributed by atoms with Gasteiger partial charge in [0.25, 0.3) is 0 Å². The van der Waals surface area contributed by atoms with Crippen molar-refractivity contribution in [2.24, 2.45) is 5.41 Å². The first-order valence-electron chi connectivity index (χ1n) is 11.4. The molecule has 1 atom stereocenters. The largest absolute Gasteiger partial charge is 0.493 e. The fourth-order valence-electron chi connectivity index (χ4n) is 4.56. The molecule has 0 radical (unpaired) electrons. The van der Waals surface area contributed by atoms with E-state index in [0.29, 0.717) is 63.2 Å². The van der Waals surface area contributed by atoms with Crippen LogP contribution in [0.25, 0.3) is 0 Å². The summed E-state index contributed by atoms with van der Waals surface area (Å²) in [5.74, 6) is 0.755. The SMILES string of the molecule is Cc1cnn(CC(=O)N2CCC[C@](COc3cccc(Cl)c3)(CC(=O)N3CCOCC3)C2)c1. The Morgan fingerprint density at radius 3 is 2.73 bits per heavy atom. The summed E-state index contributed by atoms with van der Waals surface area (Å²) in [5.41, 5.74) is 0.549. The van der Waals surface area contributed by atoms with Gasteiger partial charge in [0.2, 0.25) is 11.8 Å². The molecule has 0 N–H and O–H groups in total. The maximum atomic E-state index is 13.2. The lowest BCUT2D eigenvalue weighted by Crippen LogP contribution is -2.52. The fraction of sp³-hybridized carbons (Fsp3) is 0.542. The van der Waals surface area contributed by atoms with Crippen molar-refractivity contribution in [2.45, 2.75) is 32.7 Å². The van der Waals surface area contributed by atoms with Gasteiger partial charge in [-0.05, 0) is 43.5 Å². The molecule has 8 nitrogen and oxygen atoms in total. The van der Waals surface area contributed by atoms with Crippen LogP contribution < -0.4 is 4.74 Å². The zero-order chi connectivity index (χ0) is 23.3. The summed E-state index contributed by atoms with van der Waals surface area (Å²) in [7, 11) is 0. The second-order valence-corrected chi connectivity index (χ2v) is 9.49. The number of likely N-dealkylation sites (tertiary alicyclic amines) is 1. The van der Waals surface area contributed by atoms with E-state index in [2.05, 4.69) is 5.10 Å². The topological polar surface area (TPSA) is 76.9 Å². The van der Waals surface area contributed by atoms with E-state index >= 15 is 0 Å². The Morgan fingerprint density at radius 1 is 1.18 bits per heavy atom. The Kier molecular flexibility index (Phi) is 7.55. The molecule has 1 aromatic heterocycles. The molecule has 2 aliphatic heterocycles. The van der Waals surface area contributed by atoms with Crippen molar-refractivity contribution in [2.75, 3.05) is 46.0 Å². The minimum atomic E-state index is -0.467. The third-order valence-corrected chi connectivity index (χ3v) is 6.54. The molecule has 4 rings (SSSR count). The molecular weight excluding hydrogens is 444 g/mol. The Balaban J connectivity index is 1.48. The third kappa shape index (κ3) is 6.26. The van der Waals surface area contributed by atoms with Crippen molar-refractivity contribution in [3.63, 3.8) is 0 Å². The van der Waals surface area contributed by atoms with Gasteiger partial charge in [-0.1, -0.05) is 17.7 Å². The molecule has 0 saturated carbocycles. The standard InChI is InChI=1S/C24H31ClN4O4/c1-19-14-26-29(15-19)16-23(31)28-7-3-6-24(17-28,13-22(30)27-8-10-32-11-9-27)18-33-21-5-2-4-20(25)12-21/h2,4-5,12,14-15H,3,6-11,13,16-18H2,1H3/t24-/m0/s1.